The molecular weight excluding hydrogens is 294 g/mol. The zero-order valence-electron chi connectivity index (χ0n) is 17.1. The lowest BCUT2D eigenvalue weighted by Crippen LogP contribution is -2.66. The first-order chi connectivity index (χ1) is 11.1. The maximum absolute atomic E-state index is 2.82. The van der Waals surface area contributed by atoms with Crippen molar-refractivity contribution in [3.05, 3.63) is 0 Å². The third-order valence-corrected chi connectivity index (χ3v) is 7.10. The number of likely N-dealkylation sites (tertiary alicyclic amines) is 3. The van der Waals surface area contributed by atoms with E-state index in [1.165, 1.54) is 65.0 Å². The Bertz CT molecular complexity index is 398. The third kappa shape index (κ3) is 4.16. The van der Waals surface area contributed by atoms with E-state index in [2.05, 4.69) is 56.2 Å². The molecule has 0 atom stereocenters. The number of hydrogen-bond acceptors (Lipinski definition) is 3. The molecule has 0 aromatic rings. The molecule has 24 heavy (non-hydrogen) atoms. The summed E-state index contributed by atoms with van der Waals surface area (Å²) in [7, 11) is 0. The van der Waals surface area contributed by atoms with Crippen LogP contribution < -0.4 is 0 Å². The lowest BCUT2D eigenvalue weighted by Gasteiger charge is -2.53. The van der Waals surface area contributed by atoms with Crippen LogP contribution in [0.4, 0.5) is 0 Å². The summed E-state index contributed by atoms with van der Waals surface area (Å²) < 4.78 is 0. The smallest absolute Gasteiger partial charge is 0.0350 e. The summed E-state index contributed by atoms with van der Waals surface area (Å²) in [6, 6.07) is 1.69. The third-order valence-electron chi connectivity index (χ3n) is 7.10. The first-order valence-corrected chi connectivity index (χ1v) is 10.4. The Morgan fingerprint density at radius 2 is 1.08 bits per heavy atom. The zero-order valence-corrected chi connectivity index (χ0v) is 17.1. The zero-order chi connectivity index (χ0) is 17.5. The molecule has 0 bridgehead atoms. The van der Waals surface area contributed by atoms with Crippen LogP contribution in [0.1, 0.15) is 67.2 Å². The Balaban J connectivity index is 1.39. The lowest BCUT2D eigenvalue weighted by atomic mass is 9.75. The highest BCUT2D eigenvalue weighted by Gasteiger charge is 2.39. The highest BCUT2D eigenvalue weighted by Crippen LogP contribution is 2.36. The fourth-order valence-corrected chi connectivity index (χ4v) is 4.98. The predicted molar refractivity (Wildman–Crippen MR) is 103 cm³/mol. The van der Waals surface area contributed by atoms with E-state index < -0.39 is 0 Å². The Morgan fingerprint density at radius 1 is 0.625 bits per heavy atom. The van der Waals surface area contributed by atoms with Crippen molar-refractivity contribution in [2.75, 3.05) is 39.3 Å². The van der Waals surface area contributed by atoms with Gasteiger partial charge in [-0.05, 0) is 70.9 Å². The number of hydrogen-bond donors (Lipinski definition) is 0. The summed E-state index contributed by atoms with van der Waals surface area (Å²) in [4.78, 5) is 8.23. The molecule has 0 saturated carbocycles. The summed E-state index contributed by atoms with van der Waals surface area (Å²) in [6.07, 6.45) is 5.61. The van der Waals surface area contributed by atoms with Gasteiger partial charge in [-0.2, -0.15) is 0 Å². The highest BCUT2D eigenvalue weighted by atomic mass is 15.3. The second-order valence-corrected chi connectivity index (χ2v) is 10.7. The van der Waals surface area contributed by atoms with Crippen LogP contribution in [0, 0.1) is 11.3 Å². The fourth-order valence-electron chi connectivity index (χ4n) is 4.98. The second kappa shape index (κ2) is 6.89. The van der Waals surface area contributed by atoms with Gasteiger partial charge in [-0.1, -0.05) is 20.8 Å². The maximum atomic E-state index is 2.82. The molecule has 3 heterocycles. The van der Waals surface area contributed by atoms with E-state index in [-0.39, 0.29) is 0 Å². The van der Waals surface area contributed by atoms with Crippen LogP contribution in [-0.4, -0.2) is 71.6 Å². The van der Waals surface area contributed by atoms with Crippen LogP contribution in [0.2, 0.25) is 0 Å². The van der Waals surface area contributed by atoms with Gasteiger partial charge in [0.25, 0.3) is 0 Å². The molecule has 0 aromatic heterocycles. The minimum absolute atomic E-state index is 0.353. The average Bonchev–Trinajstić information content (AvgIpc) is 2.44. The Hall–Kier alpha value is -0.120. The van der Waals surface area contributed by atoms with Crippen molar-refractivity contribution < 1.29 is 0 Å². The van der Waals surface area contributed by atoms with E-state index in [1.807, 2.05) is 0 Å². The maximum Gasteiger partial charge on any atom is 0.0350 e. The van der Waals surface area contributed by atoms with Gasteiger partial charge in [-0.25, -0.2) is 0 Å². The van der Waals surface area contributed by atoms with Crippen molar-refractivity contribution >= 4 is 0 Å². The monoisotopic (exact) mass is 335 g/mol. The fraction of sp³-hybridized carbons (Fsp3) is 1.00. The highest BCUT2D eigenvalue weighted by molar-refractivity contribution is 4.96. The van der Waals surface area contributed by atoms with Crippen molar-refractivity contribution in [1.82, 2.24) is 14.7 Å². The lowest BCUT2D eigenvalue weighted by molar-refractivity contribution is -0.0400. The van der Waals surface area contributed by atoms with Crippen LogP contribution in [0.5, 0.6) is 0 Å². The minimum atomic E-state index is 0.353. The molecule has 0 unspecified atom stereocenters. The van der Waals surface area contributed by atoms with Crippen molar-refractivity contribution in [2.45, 2.75) is 84.8 Å². The molecule has 0 amide bonds. The van der Waals surface area contributed by atoms with E-state index in [9.17, 15) is 0 Å². The summed E-state index contributed by atoms with van der Waals surface area (Å²) in [5.41, 5.74) is 0.852. The van der Waals surface area contributed by atoms with Crippen LogP contribution in [0.25, 0.3) is 0 Å². The standard InChI is InChI=1S/C21H41N3/c1-20(2,3)17-7-11-22(12-8-17)18-9-13-23(14-10-18)19-15-24(16-19)21(4,5)6/h17-19H,7-16H2,1-6H3. The number of piperidine rings is 2. The molecule has 3 saturated heterocycles. The largest absolute Gasteiger partial charge is 0.300 e. The van der Waals surface area contributed by atoms with Gasteiger partial charge in [0.1, 0.15) is 0 Å². The number of nitrogens with zero attached hydrogens (tertiary/aromatic N) is 3. The van der Waals surface area contributed by atoms with Gasteiger partial charge in [-0.15, -0.1) is 0 Å². The molecule has 3 nitrogen and oxygen atoms in total. The average molecular weight is 336 g/mol. The van der Waals surface area contributed by atoms with Crippen molar-refractivity contribution in [3.63, 3.8) is 0 Å². The van der Waals surface area contributed by atoms with E-state index >= 15 is 0 Å². The first-order valence-electron chi connectivity index (χ1n) is 10.4. The molecule has 3 aliphatic heterocycles. The van der Waals surface area contributed by atoms with E-state index in [0.717, 1.165) is 18.0 Å². The summed E-state index contributed by atoms with van der Waals surface area (Å²) in [5, 5.41) is 0. The molecule has 0 radical (unpaired) electrons. The minimum Gasteiger partial charge on any atom is -0.300 e. The summed E-state index contributed by atoms with van der Waals surface area (Å²) >= 11 is 0. The molecule has 0 aliphatic carbocycles. The van der Waals surface area contributed by atoms with Crippen molar-refractivity contribution in [2.24, 2.45) is 11.3 Å². The first kappa shape index (κ1) is 18.7. The van der Waals surface area contributed by atoms with Gasteiger partial charge >= 0.3 is 0 Å². The van der Waals surface area contributed by atoms with Gasteiger partial charge in [-0.3, -0.25) is 9.80 Å². The Labute approximate surface area is 150 Å². The van der Waals surface area contributed by atoms with Crippen molar-refractivity contribution in [1.29, 1.82) is 0 Å². The quantitative estimate of drug-likeness (QED) is 0.762. The van der Waals surface area contributed by atoms with Crippen LogP contribution in [0.15, 0.2) is 0 Å². The molecular formula is C21H41N3. The molecule has 0 N–H and O–H groups in total. The second-order valence-electron chi connectivity index (χ2n) is 10.7. The van der Waals surface area contributed by atoms with Gasteiger partial charge in [0.05, 0.1) is 0 Å². The Morgan fingerprint density at radius 3 is 1.54 bits per heavy atom. The van der Waals surface area contributed by atoms with E-state index in [0.29, 0.717) is 11.0 Å². The molecule has 140 valence electrons. The molecule has 3 heteroatoms. The molecule has 3 fully saturated rings. The summed E-state index contributed by atoms with van der Waals surface area (Å²) in [5.74, 6) is 0.923. The van der Waals surface area contributed by atoms with Crippen LogP contribution in [0.3, 0.4) is 0 Å². The molecule has 3 aliphatic rings. The van der Waals surface area contributed by atoms with Gasteiger partial charge < -0.3 is 4.90 Å². The topological polar surface area (TPSA) is 9.72 Å². The van der Waals surface area contributed by atoms with Crippen LogP contribution >= 0.6 is 0 Å². The number of rotatable bonds is 2. The Kier molecular flexibility index (Phi) is 5.36. The molecule has 3 rings (SSSR count). The van der Waals surface area contributed by atoms with Crippen LogP contribution in [-0.2, 0) is 0 Å². The van der Waals surface area contributed by atoms with Gasteiger partial charge in [0, 0.05) is 43.8 Å². The predicted octanol–water partition coefficient (Wildman–Crippen LogP) is 3.69. The normalized spacial score (nSPS) is 28.2. The van der Waals surface area contributed by atoms with Crippen molar-refractivity contribution in [3.8, 4) is 0 Å². The van der Waals surface area contributed by atoms with Gasteiger partial charge in [0.2, 0.25) is 0 Å². The molecule has 0 spiro atoms. The molecule has 0 aromatic carbocycles. The van der Waals surface area contributed by atoms with E-state index in [1.54, 1.807) is 0 Å². The SMILES string of the molecule is CC(C)(C)C1CCN(C2CCN(C3CN(C(C)(C)C)C3)CC2)CC1. The van der Waals surface area contributed by atoms with E-state index in [4.69, 9.17) is 0 Å². The summed E-state index contributed by atoms with van der Waals surface area (Å²) in [6.45, 7) is 22.2. The van der Waals surface area contributed by atoms with Gasteiger partial charge in [0.15, 0.2) is 0 Å².